The highest BCUT2D eigenvalue weighted by molar-refractivity contribution is 5.98. The predicted octanol–water partition coefficient (Wildman–Crippen LogP) is 0.509. The van der Waals surface area contributed by atoms with Gasteiger partial charge in [0.1, 0.15) is 0 Å². The number of hydrogen-bond donors (Lipinski definition) is 1. The van der Waals surface area contributed by atoms with Crippen LogP contribution in [-0.2, 0) is 9.59 Å². The van der Waals surface area contributed by atoms with Crippen molar-refractivity contribution in [2.75, 3.05) is 6.54 Å². The quantitative estimate of drug-likeness (QED) is 0.657. The maximum absolute atomic E-state index is 11.7. The maximum atomic E-state index is 11.7. The van der Waals surface area contributed by atoms with Gasteiger partial charge in [-0.15, -0.1) is 0 Å². The van der Waals surface area contributed by atoms with Gasteiger partial charge in [-0.05, 0) is 19.8 Å². The van der Waals surface area contributed by atoms with Gasteiger partial charge in [0.05, 0.1) is 5.54 Å². The Morgan fingerprint density at radius 2 is 1.79 bits per heavy atom. The van der Waals surface area contributed by atoms with Crippen molar-refractivity contribution in [3.63, 3.8) is 0 Å². The monoisotopic (exact) mass is 198 g/mol. The number of likely N-dealkylation sites (tertiary alicyclic amines) is 1. The molecule has 0 aromatic heterocycles. The average Bonchev–Trinajstić information content (AvgIpc) is 2.01. The standard InChI is InChI=1S/C10H18N2O2/c1-7-4-8(13)12(9(14)5-7)10(2,3)6-11/h7H,4-6,11H2,1-3H3. The van der Waals surface area contributed by atoms with E-state index in [1.807, 2.05) is 20.8 Å². The minimum Gasteiger partial charge on any atom is -0.328 e. The molecule has 0 aliphatic carbocycles. The van der Waals surface area contributed by atoms with Crippen molar-refractivity contribution in [1.82, 2.24) is 4.90 Å². The topological polar surface area (TPSA) is 63.4 Å². The molecule has 0 atom stereocenters. The molecule has 0 aromatic carbocycles. The molecule has 1 rings (SSSR count). The molecule has 0 spiro atoms. The number of carbonyl (C=O) groups is 2. The van der Waals surface area contributed by atoms with Gasteiger partial charge in [0.25, 0.3) is 0 Å². The van der Waals surface area contributed by atoms with Crippen LogP contribution in [0.2, 0.25) is 0 Å². The van der Waals surface area contributed by atoms with Gasteiger partial charge >= 0.3 is 0 Å². The van der Waals surface area contributed by atoms with E-state index in [0.717, 1.165) is 0 Å². The Balaban J connectivity index is 2.88. The lowest BCUT2D eigenvalue weighted by atomic mass is 9.92. The summed E-state index contributed by atoms with van der Waals surface area (Å²) >= 11 is 0. The molecule has 14 heavy (non-hydrogen) atoms. The number of rotatable bonds is 2. The summed E-state index contributed by atoms with van der Waals surface area (Å²) in [5.74, 6) is -0.0202. The second kappa shape index (κ2) is 3.69. The van der Waals surface area contributed by atoms with Gasteiger partial charge in [-0.2, -0.15) is 0 Å². The Kier molecular flexibility index (Phi) is 2.95. The molecule has 0 saturated carbocycles. The number of imide groups is 1. The van der Waals surface area contributed by atoms with Crippen molar-refractivity contribution in [2.45, 2.75) is 39.2 Å². The highest BCUT2D eigenvalue weighted by Crippen LogP contribution is 2.25. The van der Waals surface area contributed by atoms with Crippen LogP contribution in [0.5, 0.6) is 0 Å². The summed E-state index contributed by atoms with van der Waals surface area (Å²) in [6, 6.07) is 0. The van der Waals surface area contributed by atoms with E-state index < -0.39 is 5.54 Å². The molecule has 1 saturated heterocycles. The summed E-state index contributed by atoms with van der Waals surface area (Å²) in [4.78, 5) is 24.7. The molecule has 80 valence electrons. The summed E-state index contributed by atoms with van der Waals surface area (Å²) < 4.78 is 0. The Bertz CT molecular complexity index is 243. The lowest BCUT2D eigenvalue weighted by Gasteiger charge is -2.39. The molecule has 1 aliphatic rings. The summed E-state index contributed by atoms with van der Waals surface area (Å²) in [5, 5.41) is 0. The molecule has 0 radical (unpaired) electrons. The summed E-state index contributed by atoms with van der Waals surface area (Å²) in [6.07, 6.45) is 0.907. The van der Waals surface area contributed by atoms with E-state index in [0.29, 0.717) is 19.4 Å². The van der Waals surface area contributed by atoms with Crippen LogP contribution >= 0.6 is 0 Å². The van der Waals surface area contributed by atoms with Gasteiger partial charge < -0.3 is 5.73 Å². The normalized spacial score (nSPS) is 20.4. The number of hydrogen-bond acceptors (Lipinski definition) is 3. The van der Waals surface area contributed by atoms with Crippen LogP contribution in [0.3, 0.4) is 0 Å². The SMILES string of the molecule is CC1CC(=O)N(C(C)(C)CN)C(=O)C1. The molecule has 4 heteroatoms. The van der Waals surface area contributed by atoms with Crippen molar-refractivity contribution >= 4 is 11.8 Å². The molecule has 0 aromatic rings. The van der Waals surface area contributed by atoms with Crippen LogP contribution < -0.4 is 5.73 Å². The van der Waals surface area contributed by atoms with Gasteiger partial charge in [-0.3, -0.25) is 14.5 Å². The van der Waals surface area contributed by atoms with Crippen molar-refractivity contribution in [1.29, 1.82) is 0 Å². The Morgan fingerprint density at radius 3 is 2.14 bits per heavy atom. The molecule has 0 unspecified atom stereocenters. The van der Waals surface area contributed by atoms with Crippen molar-refractivity contribution in [2.24, 2.45) is 11.7 Å². The fraction of sp³-hybridized carbons (Fsp3) is 0.800. The van der Waals surface area contributed by atoms with Gasteiger partial charge in [-0.1, -0.05) is 6.92 Å². The Hall–Kier alpha value is -0.900. The van der Waals surface area contributed by atoms with E-state index in [1.165, 1.54) is 4.90 Å². The Labute approximate surface area is 84.4 Å². The van der Waals surface area contributed by atoms with E-state index in [1.54, 1.807) is 0 Å². The first-order valence-electron chi connectivity index (χ1n) is 4.94. The van der Waals surface area contributed by atoms with E-state index in [9.17, 15) is 9.59 Å². The molecule has 4 nitrogen and oxygen atoms in total. The fourth-order valence-electron chi connectivity index (χ4n) is 1.76. The number of nitrogens with zero attached hydrogens (tertiary/aromatic N) is 1. The zero-order chi connectivity index (χ0) is 10.9. The number of amides is 2. The smallest absolute Gasteiger partial charge is 0.229 e. The number of carbonyl (C=O) groups excluding carboxylic acids is 2. The third-order valence-electron chi connectivity index (χ3n) is 2.65. The number of piperidine rings is 1. The van der Waals surface area contributed by atoms with Gasteiger partial charge in [0.2, 0.25) is 11.8 Å². The second-order valence-electron chi connectivity index (χ2n) is 4.65. The van der Waals surface area contributed by atoms with E-state index in [4.69, 9.17) is 5.73 Å². The van der Waals surface area contributed by atoms with Crippen LogP contribution in [0, 0.1) is 5.92 Å². The van der Waals surface area contributed by atoms with Crippen molar-refractivity contribution in [3.05, 3.63) is 0 Å². The number of nitrogens with two attached hydrogens (primary N) is 1. The molecular formula is C10H18N2O2. The fourth-order valence-corrected chi connectivity index (χ4v) is 1.76. The first-order chi connectivity index (χ1) is 6.38. The molecular weight excluding hydrogens is 180 g/mol. The van der Waals surface area contributed by atoms with Crippen LogP contribution in [0.4, 0.5) is 0 Å². The molecule has 1 fully saturated rings. The van der Waals surface area contributed by atoms with Gasteiger partial charge in [0, 0.05) is 19.4 Å². The largest absolute Gasteiger partial charge is 0.328 e. The predicted molar refractivity (Wildman–Crippen MR) is 53.4 cm³/mol. The molecule has 2 N–H and O–H groups in total. The van der Waals surface area contributed by atoms with Crippen molar-refractivity contribution < 1.29 is 9.59 Å². The minimum atomic E-state index is -0.547. The second-order valence-corrected chi connectivity index (χ2v) is 4.65. The zero-order valence-electron chi connectivity index (χ0n) is 9.04. The van der Waals surface area contributed by atoms with Crippen molar-refractivity contribution in [3.8, 4) is 0 Å². The molecule has 0 bridgehead atoms. The third-order valence-corrected chi connectivity index (χ3v) is 2.65. The summed E-state index contributed by atoms with van der Waals surface area (Å²) in [6.45, 7) is 5.86. The maximum Gasteiger partial charge on any atom is 0.229 e. The zero-order valence-corrected chi connectivity index (χ0v) is 9.04. The van der Waals surface area contributed by atoms with E-state index in [-0.39, 0.29) is 17.7 Å². The Morgan fingerprint density at radius 1 is 1.36 bits per heavy atom. The molecule has 1 aliphatic heterocycles. The third kappa shape index (κ3) is 1.95. The van der Waals surface area contributed by atoms with E-state index >= 15 is 0 Å². The van der Waals surface area contributed by atoms with Gasteiger partial charge in [-0.25, -0.2) is 0 Å². The average molecular weight is 198 g/mol. The molecule has 2 amide bonds. The highest BCUT2D eigenvalue weighted by atomic mass is 16.2. The summed E-state index contributed by atoms with van der Waals surface area (Å²) in [7, 11) is 0. The summed E-state index contributed by atoms with van der Waals surface area (Å²) in [5.41, 5.74) is 5.00. The minimum absolute atomic E-state index is 0.0933. The van der Waals surface area contributed by atoms with Crippen LogP contribution in [0.1, 0.15) is 33.6 Å². The lowest BCUT2D eigenvalue weighted by Crippen LogP contribution is -2.57. The lowest BCUT2D eigenvalue weighted by molar-refractivity contribution is -0.155. The van der Waals surface area contributed by atoms with Crippen LogP contribution in [0.15, 0.2) is 0 Å². The first kappa shape index (κ1) is 11.2. The molecule has 1 heterocycles. The van der Waals surface area contributed by atoms with Gasteiger partial charge in [0.15, 0.2) is 0 Å². The van der Waals surface area contributed by atoms with Crippen LogP contribution in [0.25, 0.3) is 0 Å². The van der Waals surface area contributed by atoms with E-state index in [2.05, 4.69) is 0 Å². The van der Waals surface area contributed by atoms with Crippen LogP contribution in [-0.4, -0.2) is 28.8 Å². The first-order valence-corrected chi connectivity index (χ1v) is 4.94. The highest BCUT2D eigenvalue weighted by Gasteiger charge is 2.39.